The van der Waals surface area contributed by atoms with E-state index in [1.54, 1.807) is 6.07 Å². The van der Waals surface area contributed by atoms with E-state index in [0.717, 1.165) is 17.5 Å². The summed E-state index contributed by atoms with van der Waals surface area (Å²) in [6.07, 6.45) is 4.08. The third-order valence-corrected chi connectivity index (χ3v) is 3.87. The molecule has 2 saturated carbocycles. The van der Waals surface area contributed by atoms with Crippen LogP contribution in [0, 0.1) is 11.8 Å². The molecule has 1 heterocycles. The molecule has 4 nitrogen and oxygen atoms in total. The fourth-order valence-electron chi connectivity index (χ4n) is 2.89. The molecule has 2 N–H and O–H groups in total. The van der Waals surface area contributed by atoms with Crippen molar-refractivity contribution in [3.63, 3.8) is 0 Å². The average molecular weight is 219 g/mol. The predicted molar refractivity (Wildman–Crippen MR) is 61.0 cm³/mol. The molecule has 3 unspecified atom stereocenters. The van der Waals surface area contributed by atoms with Crippen LogP contribution in [0.1, 0.15) is 37.9 Å². The molecule has 0 amide bonds. The zero-order valence-electron chi connectivity index (χ0n) is 9.44. The number of aromatic nitrogens is 2. The van der Waals surface area contributed by atoms with E-state index < -0.39 is 0 Å². The van der Waals surface area contributed by atoms with E-state index in [1.165, 1.54) is 25.3 Å². The van der Waals surface area contributed by atoms with Crippen LogP contribution < -0.4 is 10.9 Å². The minimum absolute atomic E-state index is 0.141. The molecule has 0 saturated heterocycles. The van der Waals surface area contributed by atoms with Gasteiger partial charge >= 0.3 is 0 Å². The summed E-state index contributed by atoms with van der Waals surface area (Å²) in [7, 11) is 0. The predicted octanol–water partition coefficient (Wildman–Crippen LogP) is 1.22. The third kappa shape index (κ3) is 1.89. The molecule has 3 atom stereocenters. The first-order chi connectivity index (χ1) is 7.72. The van der Waals surface area contributed by atoms with Crippen molar-refractivity contribution in [2.75, 3.05) is 0 Å². The second kappa shape index (κ2) is 3.70. The largest absolute Gasteiger partial charge is 0.306 e. The number of nitrogens with zero attached hydrogens (tertiary/aromatic N) is 1. The zero-order chi connectivity index (χ0) is 11.1. The summed E-state index contributed by atoms with van der Waals surface area (Å²) < 4.78 is 0. The summed E-state index contributed by atoms with van der Waals surface area (Å²) in [6.45, 7) is 2.10. The third-order valence-electron chi connectivity index (χ3n) is 3.87. The van der Waals surface area contributed by atoms with E-state index in [-0.39, 0.29) is 11.6 Å². The van der Waals surface area contributed by atoms with Crippen molar-refractivity contribution in [1.29, 1.82) is 0 Å². The maximum absolute atomic E-state index is 10.9. The Morgan fingerprint density at radius 1 is 1.38 bits per heavy atom. The highest BCUT2D eigenvalue weighted by Gasteiger charge is 2.45. The Balaban J connectivity index is 1.62. The molecule has 2 aliphatic carbocycles. The minimum Gasteiger partial charge on any atom is -0.306 e. The molecule has 2 aliphatic rings. The molecule has 0 aliphatic heterocycles. The van der Waals surface area contributed by atoms with Gasteiger partial charge in [-0.1, -0.05) is 0 Å². The Kier molecular flexibility index (Phi) is 2.32. The molecule has 86 valence electrons. The Bertz CT molecular complexity index is 412. The molecule has 0 spiro atoms. The number of hydrogen-bond acceptors (Lipinski definition) is 3. The number of rotatable bonds is 3. The van der Waals surface area contributed by atoms with Crippen molar-refractivity contribution in [2.45, 2.75) is 38.3 Å². The molecule has 0 radical (unpaired) electrons. The van der Waals surface area contributed by atoms with Crippen LogP contribution in [0.25, 0.3) is 0 Å². The maximum atomic E-state index is 10.9. The number of fused-ring (bicyclic) bond motifs is 1. The summed E-state index contributed by atoms with van der Waals surface area (Å²) in [5.74, 6) is 1.99. The Morgan fingerprint density at radius 2 is 2.12 bits per heavy atom. The van der Waals surface area contributed by atoms with Crippen molar-refractivity contribution >= 4 is 0 Å². The highest BCUT2D eigenvalue weighted by molar-refractivity contribution is 5.06. The lowest BCUT2D eigenvalue weighted by molar-refractivity contribution is 0.423. The van der Waals surface area contributed by atoms with Crippen molar-refractivity contribution in [3.8, 4) is 0 Å². The molecule has 3 rings (SSSR count). The van der Waals surface area contributed by atoms with Gasteiger partial charge in [0.1, 0.15) is 0 Å². The number of aromatic amines is 1. The van der Waals surface area contributed by atoms with Crippen LogP contribution in [-0.2, 0) is 0 Å². The molecule has 4 heteroatoms. The Hall–Kier alpha value is -1.16. The van der Waals surface area contributed by atoms with Gasteiger partial charge < -0.3 is 5.32 Å². The number of hydrogen-bond donors (Lipinski definition) is 2. The Morgan fingerprint density at radius 3 is 2.75 bits per heavy atom. The van der Waals surface area contributed by atoms with Crippen LogP contribution in [0.15, 0.2) is 16.9 Å². The molecular weight excluding hydrogens is 202 g/mol. The smallest absolute Gasteiger partial charge is 0.264 e. The van der Waals surface area contributed by atoms with Gasteiger partial charge in [-0.3, -0.25) is 4.79 Å². The molecule has 0 bridgehead atoms. The van der Waals surface area contributed by atoms with Crippen LogP contribution in [0.4, 0.5) is 0 Å². The van der Waals surface area contributed by atoms with Gasteiger partial charge in [0.05, 0.1) is 5.69 Å². The molecule has 2 fully saturated rings. The van der Waals surface area contributed by atoms with E-state index in [1.807, 2.05) is 0 Å². The zero-order valence-corrected chi connectivity index (χ0v) is 9.44. The van der Waals surface area contributed by atoms with Gasteiger partial charge in [-0.25, -0.2) is 5.10 Å². The highest BCUT2D eigenvalue weighted by Crippen LogP contribution is 2.51. The Labute approximate surface area is 94.5 Å². The van der Waals surface area contributed by atoms with Gasteiger partial charge in [-0.2, -0.15) is 5.10 Å². The van der Waals surface area contributed by atoms with E-state index in [2.05, 4.69) is 22.4 Å². The van der Waals surface area contributed by atoms with E-state index in [9.17, 15) is 4.79 Å². The van der Waals surface area contributed by atoms with E-state index in [0.29, 0.717) is 6.04 Å². The van der Waals surface area contributed by atoms with Gasteiger partial charge in [0.15, 0.2) is 0 Å². The lowest BCUT2D eigenvalue weighted by Gasteiger charge is -2.19. The van der Waals surface area contributed by atoms with E-state index >= 15 is 0 Å². The first kappa shape index (κ1) is 10.0. The molecular formula is C12H17N3O. The van der Waals surface area contributed by atoms with Crippen LogP contribution in [0.3, 0.4) is 0 Å². The van der Waals surface area contributed by atoms with Gasteiger partial charge in [-0.15, -0.1) is 0 Å². The van der Waals surface area contributed by atoms with E-state index in [4.69, 9.17) is 0 Å². The summed E-state index contributed by atoms with van der Waals surface area (Å²) in [5.41, 5.74) is 0.776. The fourth-order valence-corrected chi connectivity index (χ4v) is 2.89. The molecule has 1 aromatic heterocycles. The quantitative estimate of drug-likeness (QED) is 0.803. The number of H-pyrrole nitrogens is 1. The van der Waals surface area contributed by atoms with Crippen LogP contribution >= 0.6 is 0 Å². The fraction of sp³-hybridized carbons (Fsp3) is 0.667. The lowest BCUT2D eigenvalue weighted by atomic mass is 10.1. The summed E-state index contributed by atoms with van der Waals surface area (Å²) in [5, 5.41) is 10.1. The minimum atomic E-state index is -0.141. The first-order valence-corrected chi connectivity index (χ1v) is 6.04. The first-order valence-electron chi connectivity index (χ1n) is 6.04. The van der Waals surface area contributed by atoms with Crippen molar-refractivity contribution in [2.24, 2.45) is 11.8 Å². The summed E-state index contributed by atoms with van der Waals surface area (Å²) in [6, 6.07) is 4.20. The maximum Gasteiger partial charge on any atom is 0.264 e. The van der Waals surface area contributed by atoms with Crippen molar-refractivity contribution in [3.05, 3.63) is 28.2 Å². The van der Waals surface area contributed by atoms with Gasteiger partial charge in [0.25, 0.3) is 5.56 Å². The second-order valence-electron chi connectivity index (χ2n) is 5.16. The second-order valence-corrected chi connectivity index (χ2v) is 5.16. The summed E-state index contributed by atoms with van der Waals surface area (Å²) >= 11 is 0. The molecule has 0 aromatic carbocycles. The number of nitrogens with one attached hydrogen (secondary N) is 2. The highest BCUT2D eigenvalue weighted by atomic mass is 16.1. The van der Waals surface area contributed by atoms with Crippen LogP contribution in [0.2, 0.25) is 0 Å². The van der Waals surface area contributed by atoms with Crippen LogP contribution in [0.5, 0.6) is 0 Å². The van der Waals surface area contributed by atoms with Gasteiger partial charge in [0, 0.05) is 18.2 Å². The van der Waals surface area contributed by atoms with Gasteiger partial charge in [-0.05, 0) is 44.1 Å². The van der Waals surface area contributed by atoms with Crippen LogP contribution in [-0.4, -0.2) is 16.2 Å². The van der Waals surface area contributed by atoms with Crippen molar-refractivity contribution in [1.82, 2.24) is 15.5 Å². The standard InChI is InChI=1S/C12H17N3O/c1-7(11-2-3-12(16)15-14-11)13-10-5-8-4-9(8)6-10/h2-3,7-10,13H,4-6H2,1H3,(H,15,16). The SMILES string of the molecule is CC(NC1CC2CC2C1)c1ccc(=O)[nH]n1. The molecule has 1 aromatic rings. The molecule has 16 heavy (non-hydrogen) atoms. The topological polar surface area (TPSA) is 57.8 Å². The van der Waals surface area contributed by atoms with Crippen molar-refractivity contribution < 1.29 is 0 Å². The lowest BCUT2D eigenvalue weighted by Crippen LogP contribution is -2.31. The van der Waals surface area contributed by atoms with Gasteiger partial charge in [0.2, 0.25) is 0 Å². The summed E-state index contributed by atoms with van der Waals surface area (Å²) in [4.78, 5) is 10.9. The average Bonchev–Trinajstić information content (AvgIpc) is 2.87. The monoisotopic (exact) mass is 219 g/mol. The normalized spacial score (nSPS) is 33.4.